The summed E-state index contributed by atoms with van der Waals surface area (Å²) in [6.07, 6.45) is 4.91. The Bertz CT molecular complexity index is 589. The third-order valence-electron chi connectivity index (χ3n) is 1.87. The number of rotatable bonds is 4. The summed E-state index contributed by atoms with van der Waals surface area (Å²) in [6.45, 7) is -0.194. The van der Waals surface area contributed by atoms with Crippen LogP contribution in [-0.2, 0) is 10.0 Å². The molecule has 0 aliphatic carbocycles. The van der Waals surface area contributed by atoms with Crippen LogP contribution in [0.2, 0.25) is 0 Å². The van der Waals surface area contributed by atoms with E-state index in [1.165, 1.54) is 6.07 Å². The number of nitrogens with two attached hydrogens (primary N) is 1. The van der Waals surface area contributed by atoms with Crippen molar-refractivity contribution in [2.45, 2.75) is 4.90 Å². The van der Waals surface area contributed by atoms with Gasteiger partial charge in [-0.2, -0.15) is 4.72 Å². The summed E-state index contributed by atoms with van der Waals surface area (Å²) in [5.74, 6) is 2.09. The van der Waals surface area contributed by atoms with E-state index in [2.05, 4.69) is 10.6 Å². The molecule has 0 aliphatic rings. The second-order valence-electron chi connectivity index (χ2n) is 3.01. The van der Waals surface area contributed by atoms with Gasteiger partial charge in [-0.05, 0) is 12.1 Å². The van der Waals surface area contributed by atoms with Crippen molar-refractivity contribution in [2.75, 3.05) is 12.3 Å². The minimum atomic E-state index is -3.85. The van der Waals surface area contributed by atoms with Gasteiger partial charge < -0.3 is 5.73 Å². The second-order valence-corrected chi connectivity index (χ2v) is 4.77. The molecule has 1 aromatic carbocycles. The average molecular weight is 255 g/mol. The van der Waals surface area contributed by atoms with E-state index in [1.54, 1.807) is 0 Å². The largest absolute Gasteiger partial charge is 0.393 e. The molecule has 90 valence electrons. The SMILES string of the molecule is C#CCNS(=O)(=O)c1ccc(N)c([N+](=O)[O-])c1. The Morgan fingerprint density at radius 1 is 1.53 bits per heavy atom. The molecule has 0 bridgehead atoms. The predicted octanol–water partition coefficient (Wildman–Crippen LogP) is 0.0885. The van der Waals surface area contributed by atoms with Crippen molar-refractivity contribution in [3.05, 3.63) is 28.3 Å². The molecular formula is C9H9N3O4S. The molecule has 0 atom stereocenters. The van der Waals surface area contributed by atoms with E-state index in [0.29, 0.717) is 0 Å². The molecule has 17 heavy (non-hydrogen) atoms. The van der Waals surface area contributed by atoms with Crippen molar-refractivity contribution in [1.29, 1.82) is 0 Å². The van der Waals surface area contributed by atoms with Crippen LogP contribution in [0.25, 0.3) is 0 Å². The number of hydrogen-bond donors (Lipinski definition) is 2. The summed E-state index contributed by atoms with van der Waals surface area (Å²) in [5.41, 5.74) is 4.77. The number of anilines is 1. The maximum Gasteiger partial charge on any atom is 0.293 e. The quantitative estimate of drug-likeness (QED) is 0.342. The highest BCUT2D eigenvalue weighted by Gasteiger charge is 2.19. The summed E-state index contributed by atoms with van der Waals surface area (Å²) in [4.78, 5) is 9.58. The number of nitrogens with zero attached hydrogens (tertiary/aromatic N) is 1. The van der Waals surface area contributed by atoms with Crippen molar-refractivity contribution >= 4 is 21.4 Å². The Kier molecular flexibility index (Phi) is 3.67. The number of nitrogens with one attached hydrogen (secondary N) is 1. The highest BCUT2D eigenvalue weighted by atomic mass is 32.2. The van der Waals surface area contributed by atoms with Gasteiger partial charge in [0.25, 0.3) is 5.69 Å². The summed E-state index contributed by atoms with van der Waals surface area (Å²) < 4.78 is 25.3. The number of sulfonamides is 1. The fourth-order valence-corrected chi connectivity index (χ4v) is 2.02. The van der Waals surface area contributed by atoms with Crippen LogP contribution >= 0.6 is 0 Å². The molecule has 0 unspecified atom stereocenters. The van der Waals surface area contributed by atoms with Crippen LogP contribution in [0.4, 0.5) is 11.4 Å². The van der Waals surface area contributed by atoms with Crippen molar-refractivity contribution in [3.63, 3.8) is 0 Å². The molecule has 0 amide bonds. The van der Waals surface area contributed by atoms with Crippen molar-refractivity contribution in [3.8, 4) is 12.3 Å². The Morgan fingerprint density at radius 2 is 2.18 bits per heavy atom. The Balaban J connectivity index is 3.21. The third-order valence-corrected chi connectivity index (χ3v) is 3.27. The lowest BCUT2D eigenvalue weighted by Gasteiger charge is -2.04. The minimum Gasteiger partial charge on any atom is -0.393 e. The van der Waals surface area contributed by atoms with Crippen molar-refractivity contribution in [1.82, 2.24) is 4.72 Å². The van der Waals surface area contributed by atoms with Crippen LogP contribution < -0.4 is 10.5 Å². The number of nitrogen functional groups attached to an aromatic ring is 1. The molecule has 0 spiro atoms. The van der Waals surface area contributed by atoms with E-state index >= 15 is 0 Å². The lowest BCUT2D eigenvalue weighted by atomic mass is 10.3. The number of terminal acetylenes is 1. The zero-order valence-corrected chi connectivity index (χ0v) is 9.40. The van der Waals surface area contributed by atoms with E-state index in [1.807, 2.05) is 0 Å². The number of hydrogen-bond acceptors (Lipinski definition) is 5. The highest BCUT2D eigenvalue weighted by Crippen LogP contribution is 2.24. The fraction of sp³-hybridized carbons (Fsp3) is 0.111. The van der Waals surface area contributed by atoms with Gasteiger partial charge in [-0.25, -0.2) is 8.42 Å². The number of nitro benzene ring substituents is 1. The van der Waals surface area contributed by atoms with Crippen molar-refractivity contribution in [2.24, 2.45) is 0 Å². The number of nitro groups is 1. The summed E-state index contributed by atoms with van der Waals surface area (Å²) >= 11 is 0. The fourth-order valence-electron chi connectivity index (χ4n) is 1.07. The van der Waals surface area contributed by atoms with Gasteiger partial charge in [0.05, 0.1) is 16.4 Å². The first-order valence-electron chi connectivity index (χ1n) is 4.35. The first kappa shape index (κ1) is 13.0. The van der Waals surface area contributed by atoms with E-state index in [0.717, 1.165) is 12.1 Å². The maximum atomic E-state index is 11.6. The maximum absolute atomic E-state index is 11.6. The van der Waals surface area contributed by atoms with Gasteiger partial charge in [-0.3, -0.25) is 10.1 Å². The standard InChI is InChI=1S/C9H9N3O4S/c1-2-5-11-17(15,16)7-3-4-8(10)9(6-7)12(13)14/h1,3-4,6,11H,5,10H2. The zero-order chi connectivity index (χ0) is 13.1. The average Bonchev–Trinajstić information content (AvgIpc) is 2.26. The summed E-state index contributed by atoms with van der Waals surface area (Å²) in [6, 6.07) is 3.21. The molecule has 0 aliphatic heterocycles. The predicted molar refractivity (Wildman–Crippen MR) is 61.5 cm³/mol. The topological polar surface area (TPSA) is 115 Å². The van der Waals surface area contributed by atoms with E-state index in [-0.39, 0.29) is 17.1 Å². The number of benzene rings is 1. The van der Waals surface area contributed by atoms with Gasteiger partial charge in [0.2, 0.25) is 10.0 Å². The summed E-state index contributed by atoms with van der Waals surface area (Å²) in [7, 11) is -3.85. The monoisotopic (exact) mass is 255 g/mol. The first-order chi connectivity index (χ1) is 7.88. The molecule has 0 fully saturated rings. The van der Waals surface area contributed by atoms with Crippen LogP contribution in [0.3, 0.4) is 0 Å². The van der Waals surface area contributed by atoms with Gasteiger partial charge in [-0.1, -0.05) is 5.92 Å². The smallest absolute Gasteiger partial charge is 0.293 e. The van der Waals surface area contributed by atoms with E-state index in [4.69, 9.17) is 12.2 Å². The molecular weight excluding hydrogens is 246 g/mol. The Hall–Kier alpha value is -2.11. The van der Waals surface area contributed by atoms with E-state index < -0.39 is 20.6 Å². The molecule has 0 radical (unpaired) electrons. The van der Waals surface area contributed by atoms with Gasteiger partial charge in [0.15, 0.2) is 0 Å². The molecule has 0 saturated heterocycles. The summed E-state index contributed by atoms with van der Waals surface area (Å²) in [5, 5.41) is 10.6. The molecule has 3 N–H and O–H groups in total. The van der Waals surface area contributed by atoms with Gasteiger partial charge in [0, 0.05) is 6.07 Å². The van der Waals surface area contributed by atoms with E-state index in [9.17, 15) is 18.5 Å². The third kappa shape index (κ3) is 2.93. The lowest BCUT2D eigenvalue weighted by Crippen LogP contribution is -2.24. The molecule has 0 aromatic heterocycles. The van der Waals surface area contributed by atoms with Gasteiger partial charge >= 0.3 is 0 Å². The highest BCUT2D eigenvalue weighted by molar-refractivity contribution is 7.89. The van der Waals surface area contributed by atoms with Crippen LogP contribution in [0.1, 0.15) is 0 Å². The van der Waals surface area contributed by atoms with Crippen molar-refractivity contribution < 1.29 is 13.3 Å². The molecule has 0 saturated carbocycles. The molecule has 1 rings (SSSR count). The van der Waals surface area contributed by atoms with Crippen LogP contribution in [0, 0.1) is 22.5 Å². The van der Waals surface area contributed by atoms with Crippen LogP contribution in [0.15, 0.2) is 23.1 Å². The molecule has 0 heterocycles. The zero-order valence-electron chi connectivity index (χ0n) is 8.58. The second kappa shape index (κ2) is 4.82. The molecule has 1 aromatic rings. The Morgan fingerprint density at radius 3 is 2.71 bits per heavy atom. The first-order valence-corrected chi connectivity index (χ1v) is 5.84. The molecule has 8 heteroatoms. The lowest BCUT2D eigenvalue weighted by molar-refractivity contribution is -0.384. The Labute approximate surface area is 97.8 Å². The van der Waals surface area contributed by atoms with Crippen LogP contribution in [-0.4, -0.2) is 19.9 Å². The van der Waals surface area contributed by atoms with Crippen LogP contribution in [0.5, 0.6) is 0 Å². The van der Waals surface area contributed by atoms with Gasteiger partial charge in [-0.15, -0.1) is 6.42 Å². The van der Waals surface area contributed by atoms with Gasteiger partial charge in [0.1, 0.15) is 5.69 Å². The normalized spacial score (nSPS) is 10.8. The molecule has 7 nitrogen and oxygen atoms in total. The minimum absolute atomic E-state index is 0.106.